The van der Waals surface area contributed by atoms with E-state index in [1.54, 1.807) is 4.52 Å². The second-order valence-electron chi connectivity index (χ2n) is 14.6. The second kappa shape index (κ2) is 23.5. The first-order valence-electron chi connectivity index (χ1n) is 20.0. The number of aromatic nitrogens is 3. The van der Waals surface area contributed by atoms with E-state index in [2.05, 4.69) is 29.0 Å². The summed E-state index contributed by atoms with van der Waals surface area (Å²) in [4.78, 5) is 14.8. The zero-order valence-electron chi connectivity index (χ0n) is 32.1. The molecule has 1 aliphatic heterocycles. The lowest BCUT2D eigenvalue weighted by atomic mass is 10.0. The highest BCUT2D eigenvalue weighted by Gasteiger charge is 2.43. The number of nitriles is 1. The van der Waals surface area contributed by atoms with E-state index in [1.165, 1.54) is 103 Å². The number of aryl methyl sites for hydroxylation is 1. The van der Waals surface area contributed by atoms with Crippen molar-refractivity contribution in [2.45, 2.75) is 160 Å². The number of nitrogens with two attached hydrogens (primary N) is 1. The number of terminal acetylenes is 1. The highest BCUT2D eigenvalue weighted by molar-refractivity contribution is 7.40. The number of hydrogen-bond acceptors (Lipinski definition) is 9. The van der Waals surface area contributed by atoms with E-state index < -0.39 is 14.2 Å². The first-order valence-corrected chi connectivity index (χ1v) is 21.2. The molecule has 4 unspecified atom stereocenters. The van der Waals surface area contributed by atoms with E-state index in [-0.39, 0.29) is 25.4 Å². The molecule has 1 saturated heterocycles. The Morgan fingerprint density at radius 3 is 2.23 bits per heavy atom. The molecule has 2 aromatic heterocycles. The lowest BCUT2D eigenvalue weighted by Gasteiger charge is -2.24. The largest absolute Gasteiger partial charge is 0.488 e. The van der Waals surface area contributed by atoms with Gasteiger partial charge in [-0.05, 0) is 68.5 Å². The van der Waals surface area contributed by atoms with Gasteiger partial charge in [-0.25, -0.2) is 9.50 Å². The number of nitrogen functional groups attached to an aromatic ring is 1. The number of rotatable bonds is 27. The van der Waals surface area contributed by atoms with E-state index in [0.717, 1.165) is 36.1 Å². The molecule has 10 nitrogen and oxygen atoms in total. The van der Waals surface area contributed by atoms with Crippen molar-refractivity contribution in [3.63, 3.8) is 0 Å². The van der Waals surface area contributed by atoms with Crippen molar-refractivity contribution in [2.75, 3.05) is 18.9 Å². The molecule has 0 bridgehead atoms. The average Bonchev–Trinajstić information content (AvgIpc) is 3.80. The molecule has 53 heavy (non-hydrogen) atoms. The third-order valence-electron chi connectivity index (χ3n) is 10.3. The highest BCUT2D eigenvalue weighted by Crippen LogP contribution is 2.43. The molecule has 4 atom stereocenters. The Morgan fingerprint density at radius 1 is 0.981 bits per heavy atom. The number of nitrogens with zero attached hydrogens (tertiary/aromatic N) is 4. The van der Waals surface area contributed by atoms with Crippen LogP contribution in [0.25, 0.3) is 5.52 Å². The van der Waals surface area contributed by atoms with Crippen LogP contribution in [0.4, 0.5) is 5.82 Å². The van der Waals surface area contributed by atoms with Gasteiger partial charge in [0.1, 0.15) is 35.9 Å². The van der Waals surface area contributed by atoms with Crippen molar-refractivity contribution in [3.05, 3.63) is 53.5 Å². The zero-order valence-corrected chi connectivity index (χ0v) is 33.0. The minimum atomic E-state index is -2.27. The van der Waals surface area contributed by atoms with Crippen LogP contribution in [0.2, 0.25) is 0 Å². The fourth-order valence-corrected chi connectivity index (χ4v) is 7.77. The molecule has 0 aliphatic carbocycles. The van der Waals surface area contributed by atoms with Gasteiger partial charge in [0.25, 0.3) is 0 Å². The minimum Gasteiger partial charge on any atom is -0.488 e. The highest BCUT2D eigenvalue weighted by atomic mass is 31.2. The Kier molecular flexibility index (Phi) is 18.9. The second-order valence-corrected chi connectivity index (χ2v) is 15.6. The number of fused-ring (bicyclic) bond motifs is 1. The molecular weight excluding hydrogens is 685 g/mol. The Morgan fingerprint density at radius 2 is 1.62 bits per heavy atom. The fourth-order valence-electron chi connectivity index (χ4n) is 7.08. The Bertz CT molecular complexity index is 1590. The molecule has 3 aromatic rings. The average molecular weight is 748 g/mol. The van der Waals surface area contributed by atoms with Crippen molar-refractivity contribution in [3.8, 4) is 24.2 Å². The van der Waals surface area contributed by atoms with Crippen LogP contribution in [0, 0.1) is 30.6 Å². The molecule has 3 heterocycles. The first kappa shape index (κ1) is 42.5. The van der Waals surface area contributed by atoms with Gasteiger partial charge in [-0.15, -0.1) is 6.42 Å². The Hall–Kier alpha value is -3.24. The number of benzene rings is 1. The molecule has 0 spiro atoms. The van der Waals surface area contributed by atoms with Crippen molar-refractivity contribution in [1.29, 1.82) is 5.26 Å². The maximum Gasteiger partial charge on any atom is 0.330 e. The van der Waals surface area contributed by atoms with Crippen molar-refractivity contribution in [1.82, 2.24) is 14.6 Å². The smallest absolute Gasteiger partial charge is 0.330 e. The van der Waals surface area contributed by atoms with Gasteiger partial charge in [-0.2, -0.15) is 10.4 Å². The van der Waals surface area contributed by atoms with Gasteiger partial charge < -0.3 is 29.1 Å². The number of ether oxygens (including phenoxy) is 2. The van der Waals surface area contributed by atoms with E-state index in [0.29, 0.717) is 29.9 Å². The number of unbranched alkanes of at least 4 members (excludes halogenated alkanes) is 16. The zero-order chi connectivity index (χ0) is 37.7. The van der Waals surface area contributed by atoms with Crippen LogP contribution in [0.15, 0.2) is 36.7 Å². The topological polar surface area (TPSA) is 137 Å². The van der Waals surface area contributed by atoms with Gasteiger partial charge in [-0.3, -0.25) is 0 Å². The van der Waals surface area contributed by atoms with E-state index in [4.69, 9.17) is 30.7 Å². The third kappa shape index (κ3) is 14.2. The number of anilines is 1. The van der Waals surface area contributed by atoms with Crippen molar-refractivity contribution >= 4 is 19.9 Å². The Labute approximate surface area is 319 Å². The molecule has 1 aliphatic rings. The minimum absolute atomic E-state index is 0.125. The fraction of sp³-hybridized carbons (Fsp3) is 0.643. The first-order chi connectivity index (χ1) is 25.9. The van der Waals surface area contributed by atoms with Gasteiger partial charge in [0.2, 0.25) is 0 Å². The summed E-state index contributed by atoms with van der Waals surface area (Å²) in [5, 5.41) is 14.4. The maximum atomic E-state index is 10.7. The molecule has 0 amide bonds. The summed E-state index contributed by atoms with van der Waals surface area (Å²) in [6, 6.07) is 11.7. The molecule has 4 rings (SSSR count). The molecular formula is C42H62N5O5P. The van der Waals surface area contributed by atoms with Crippen LogP contribution in [-0.4, -0.2) is 44.4 Å². The summed E-state index contributed by atoms with van der Waals surface area (Å²) in [6.45, 7) is 4.27. The van der Waals surface area contributed by atoms with Gasteiger partial charge >= 0.3 is 8.60 Å². The van der Waals surface area contributed by atoms with Crippen LogP contribution in [0.1, 0.15) is 158 Å². The summed E-state index contributed by atoms with van der Waals surface area (Å²) >= 11 is 0. The maximum absolute atomic E-state index is 10.7. The SMILES string of the molecule is C#Cc1ccc(OC(CCCCCCCCCCCCCCCCCCC)COP(O)OCC2(C#N)CCC(c3ccc4c(N)ncnn34)O2)cc1C. The van der Waals surface area contributed by atoms with Crippen LogP contribution >= 0.6 is 8.60 Å². The van der Waals surface area contributed by atoms with E-state index in [9.17, 15) is 10.2 Å². The summed E-state index contributed by atoms with van der Waals surface area (Å²) in [5.41, 5.74) is 8.02. The predicted octanol–water partition coefficient (Wildman–Crippen LogP) is 10.5. The third-order valence-corrected chi connectivity index (χ3v) is 11.0. The predicted molar refractivity (Wildman–Crippen MR) is 212 cm³/mol. The molecule has 11 heteroatoms. The molecule has 3 N–H and O–H groups in total. The molecule has 1 aromatic carbocycles. The van der Waals surface area contributed by atoms with Gasteiger partial charge in [0.05, 0.1) is 18.9 Å². The van der Waals surface area contributed by atoms with E-state index >= 15 is 0 Å². The Balaban J connectivity index is 1.15. The number of hydrogen-bond donors (Lipinski definition) is 2. The molecule has 1 fully saturated rings. The molecule has 0 radical (unpaired) electrons. The summed E-state index contributed by atoms with van der Waals surface area (Å²) in [7, 11) is -2.27. The van der Waals surface area contributed by atoms with Crippen LogP contribution in [0.3, 0.4) is 0 Å². The van der Waals surface area contributed by atoms with Crippen molar-refractivity contribution in [2.24, 2.45) is 0 Å². The summed E-state index contributed by atoms with van der Waals surface area (Å²) in [6.07, 6.45) is 30.6. The summed E-state index contributed by atoms with van der Waals surface area (Å²) in [5.74, 6) is 3.78. The van der Waals surface area contributed by atoms with Gasteiger partial charge in [-0.1, -0.05) is 116 Å². The van der Waals surface area contributed by atoms with Gasteiger partial charge in [0.15, 0.2) is 11.4 Å². The van der Waals surface area contributed by atoms with Crippen molar-refractivity contribution < 1.29 is 23.4 Å². The normalized spacial score (nSPS) is 18.2. The molecule has 0 saturated carbocycles. The standard InChI is InChI=1S/C42H62N5O5P/c1-4-6-7-8-9-10-11-12-13-14-15-16-17-18-19-20-21-22-37(51-36-24-23-35(5-2)34(3)29-36)30-49-53(48)50-32-42(31-43)28-27-40(52-42)38-25-26-39-41(44)45-33-46-47(38)39/h2,23-26,29,33,37,40,48H,4,6-22,27-28,30,32H2,1,3H3,(H2,44,45,46). The van der Waals surface area contributed by atoms with E-state index in [1.807, 2.05) is 37.3 Å². The lowest BCUT2D eigenvalue weighted by Crippen LogP contribution is -2.32. The van der Waals surface area contributed by atoms with Crippen LogP contribution < -0.4 is 10.5 Å². The monoisotopic (exact) mass is 747 g/mol. The van der Waals surface area contributed by atoms with Crippen LogP contribution in [-0.2, 0) is 13.8 Å². The van der Waals surface area contributed by atoms with Crippen LogP contribution in [0.5, 0.6) is 5.75 Å². The molecule has 290 valence electrons. The van der Waals surface area contributed by atoms with Gasteiger partial charge in [0, 0.05) is 5.56 Å². The summed E-state index contributed by atoms with van der Waals surface area (Å²) < 4.78 is 25.7. The lowest BCUT2D eigenvalue weighted by molar-refractivity contribution is -0.0366. The quantitative estimate of drug-likeness (QED) is 0.0443.